The summed E-state index contributed by atoms with van der Waals surface area (Å²) in [5.41, 5.74) is 2.45. The maximum atomic E-state index is 12.8. The molecule has 132 valence electrons. The molecule has 0 spiro atoms. The van der Waals surface area contributed by atoms with Gasteiger partial charge >= 0.3 is 0 Å². The molecule has 3 aliphatic heterocycles. The molecule has 0 saturated carbocycles. The van der Waals surface area contributed by atoms with E-state index in [1.807, 2.05) is 0 Å². The van der Waals surface area contributed by atoms with Crippen molar-refractivity contribution in [1.82, 2.24) is 25.4 Å². The van der Waals surface area contributed by atoms with E-state index < -0.39 is 6.04 Å². The second-order valence-corrected chi connectivity index (χ2v) is 6.71. The zero-order valence-electron chi connectivity index (χ0n) is 14.0. The molecule has 2 N–H and O–H groups in total. The van der Waals surface area contributed by atoms with Crippen molar-refractivity contribution in [3.63, 3.8) is 0 Å². The molecule has 0 radical (unpaired) electrons. The Morgan fingerprint density at radius 3 is 2.76 bits per heavy atom. The number of nitrogens with one attached hydrogen (secondary N) is 2. The molecule has 3 amide bonds. The van der Waals surface area contributed by atoms with Crippen LogP contribution in [0.4, 0.5) is 0 Å². The summed E-state index contributed by atoms with van der Waals surface area (Å²) in [7, 11) is 0. The number of nitrogens with zero attached hydrogens (tertiary/aromatic N) is 3. The minimum atomic E-state index is -0.579. The van der Waals surface area contributed by atoms with E-state index in [9.17, 15) is 14.4 Å². The average molecular weight is 343 g/mol. The molecule has 1 unspecified atom stereocenters. The highest BCUT2D eigenvalue weighted by molar-refractivity contribution is 6.05. The molecule has 0 aliphatic carbocycles. The molecule has 25 heavy (non-hydrogen) atoms. The fourth-order valence-electron chi connectivity index (χ4n) is 3.76. The summed E-state index contributed by atoms with van der Waals surface area (Å²) in [6, 6.07) is 1.15. The quantitative estimate of drug-likeness (QED) is 0.701. The van der Waals surface area contributed by atoms with Crippen LogP contribution in [-0.2, 0) is 22.7 Å². The molecule has 4 rings (SSSR count). The van der Waals surface area contributed by atoms with Gasteiger partial charge in [-0.25, -0.2) is 0 Å². The third kappa shape index (κ3) is 3.03. The highest BCUT2D eigenvalue weighted by Crippen LogP contribution is 2.29. The van der Waals surface area contributed by atoms with Gasteiger partial charge in [-0.1, -0.05) is 0 Å². The van der Waals surface area contributed by atoms with Gasteiger partial charge in [0.15, 0.2) is 0 Å². The molecular weight excluding hydrogens is 322 g/mol. The maximum absolute atomic E-state index is 12.8. The number of carbonyl (C=O) groups is 3. The largest absolute Gasteiger partial charge is 0.322 e. The summed E-state index contributed by atoms with van der Waals surface area (Å²) >= 11 is 0. The molecule has 0 bridgehead atoms. The Balaban J connectivity index is 1.55. The van der Waals surface area contributed by atoms with Crippen molar-refractivity contribution < 1.29 is 14.4 Å². The van der Waals surface area contributed by atoms with Gasteiger partial charge < -0.3 is 10.2 Å². The third-order valence-corrected chi connectivity index (χ3v) is 5.13. The van der Waals surface area contributed by atoms with Gasteiger partial charge in [0, 0.05) is 63.0 Å². The van der Waals surface area contributed by atoms with E-state index in [4.69, 9.17) is 0 Å². The number of fused-ring (bicyclic) bond motifs is 1. The Hall–Kier alpha value is -2.32. The minimum absolute atomic E-state index is 0.145. The average Bonchev–Trinajstić information content (AvgIpc) is 2.94. The summed E-state index contributed by atoms with van der Waals surface area (Å²) < 4.78 is 0. The molecule has 1 atom stereocenters. The lowest BCUT2D eigenvalue weighted by atomic mass is 10.0. The van der Waals surface area contributed by atoms with Gasteiger partial charge in [0.25, 0.3) is 5.91 Å². The molecule has 4 heterocycles. The van der Waals surface area contributed by atoms with Gasteiger partial charge in [-0.15, -0.1) is 0 Å². The molecule has 2 saturated heterocycles. The normalized spacial score (nSPS) is 24.4. The zero-order valence-corrected chi connectivity index (χ0v) is 14.0. The fraction of sp³-hybridized carbons (Fsp3) is 0.529. The lowest BCUT2D eigenvalue weighted by molar-refractivity contribution is -0.136. The first kappa shape index (κ1) is 16.2. The first-order valence-electron chi connectivity index (χ1n) is 8.68. The Bertz CT molecular complexity index is 729. The van der Waals surface area contributed by atoms with Gasteiger partial charge in [0.05, 0.1) is 5.69 Å². The third-order valence-electron chi connectivity index (χ3n) is 5.13. The minimum Gasteiger partial charge on any atom is -0.322 e. The second-order valence-electron chi connectivity index (χ2n) is 6.71. The van der Waals surface area contributed by atoms with Gasteiger partial charge in [-0.3, -0.25) is 29.6 Å². The van der Waals surface area contributed by atoms with E-state index in [1.54, 1.807) is 17.2 Å². The van der Waals surface area contributed by atoms with E-state index in [1.165, 1.54) is 0 Å². The van der Waals surface area contributed by atoms with Crippen molar-refractivity contribution in [2.24, 2.45) is 0 Å². The van der Waals surface area contributed by atoms with Crippen LogP contribution in [0.25, 0.3) is 0 Å². The number of hydrogen-bond donors (Lipinski definition) is 2. The Morgan fingerprint density at radius 1 is 1.20 bits per heavy atom. The lowest BCUT2D eigenvalue weighted by Crippen LogP contribution is -2.52. The fourth-order valence-corrected chi connectivity index (χ4v) is 3.76. The Morgan fingerprint density at radius 2 is 2.00 bits per heavy atom. The van der Waals surface area contributed by atoms with Crippen LogP contribution < -0.4 is 10.6 Å². The SMILES string of the molecule is O=C1CCC(N2Cc3c(ccnc3CN3CCNCC3)C2=O)C(=O)N1. The van der Waals surface area contributed by atoms with Crippen LogP contribution in [0.1, 0.15) is 34.5 Å². The van der Waals surface area contributed by atoms with Gasteiger partial charge in [-0.2, -0.15) is 0 Å². The van der Waals surface area contributed by atoms with Crippen LogP contribution in [0, 0.1) is 0 Å². The lowest BCUT2D eigenvalue weighted by Gasteiger charge is -2.29. The summed E-state index contributed by atoms with van der Waals surface area (Å²) in [5, 5.41) is 5.65. The van der Waals surface area contributed by atoms with Crippen LogP contribution in [0.2, 0.25) is 0 Å². The maximum Gasteiger partial charge on any atom is 0.255 e. The molecule has 8 nitrogen and oxygen atoms in total. The molecule has 8 heteroatoms. The number of carbonyl (C=O) groups excluding carboxylic acids is 3. The first-order valence-corrected chi connectivity index (χ1v) is 8.68. The highest BCUT2D eigenvalue weighted by Gasteiger charge is 2.40. The summed E-state index contributed by atoms with van der Waals surface area (Å²) in [6.45, 7) is 4.91. The van der Waals surface area contributed by atoms with Gasteiger partial charge in [0.1, 0.15) is 6.04 Å². The summed E-state index contributed by atoms with van der Waals surface area (Å²) in [4.78, 5) is 44.7. The van der Waals surface area contributed by atoms with E-state index in [2.05, 4.69) is 20.5 Å². The second kappa shape index (κ2) is 6.53. The monoisotopic (exact) mass is 343 g/mol. The van der Waals surface area contributed by atoms with Crippen molar-refractivity contribution in [2.75, 3.05) is 26.2 Å². The molecule has 1 aromatic heterocycles. The Labute approximate surface area is 145 Å². The van der Waals surface area contributed by atoms with Crippen molar-refractivity contribution in [3.05, 3.63) is 29.1 Å². The summed E-state index contributed by atoms with van der Waals surface area (Å²) in [5.74, 6) is -0.797. The number of aromatic nitrogens is 1. The number of amides is 3. The molecule has 1 aromatic rings. The van der Waals surface area contributed by atoms with E-state index in [-0.39, 0.29) is 24.1 Å². The Kier molecular flexibility index (Phi) is 4.22. The molecule has 0 aromatic carbocycles. The zero-order chi connectivity index (χ0) is 17.4. The van der Waals surface area contributed by atoms with Crippen molar-refractivity contribution in [3.8, 4) is 0 Å². The number of imide groups is 1. The smallest absolute Gasteiger partial charge is 0.255 e. The predicted octanol–water partition coefficient (Wildman–Crippen LogP) is -0.752. The van der Waals surface area contributed by atoms with E-state index >= 15 is 0 Å². The van der Waals surface area contributed by atoms with Crippen molar-refractivity contribution in [1.29, 1.82) is 0 Å². The van der Waals surface area contributed by atoms with Crippen molar-refractivity contribution in [2.45, 2.75) is 32.0 Å². The number of pyridine rings is 1. The number of piperidine rings is 1. The van der Waals surface area contributed by atoms with Crippen LogP contribution >= 0.6 is 0 Å². The van der Waals surface area contributed by atoms with E-state index in [0.29, 0.717) is 25.1 Å². The van der Waals surface area contributed by atoms with Crippen LogP contribution in [0.5, 0.6) is 0 Å². The molecule has 2 fully saturated rings. The van der Waals surface area contributed by atoms with Gasteiger partial charge in [-0.05, 0) is 12.5 Å². The van der Waals surface area contributed by atoms with Crippen molar-refractivity contribution >= 4 is 17.7 Å². The van der Waals surface area contributed by atoms with Gasteiger partial charge in [0.2, 0.25) is 11.8 Å². The van der Waals surface area contributed by atoms with E-state index in [0.717, 1.165) is 37.4 Å². The van der Waals surface area contributed by atoms with Crippen LogP contribution in [0.3, 0.4) is 0 Å². The number of piperazine rings is 1. The predicted molar refractivity (Wildman–Crippen MR) is 88.4 cm³/mol. The topological polar surface area (TPSA) is 94.6 Å². The number of rotatable bonds is 3. The standard InChI is InChI=1S/C17H21N5O3/c23-15-2-1-14(16(24)20-15)22-9-12-11(17(22)25)3-4-19-13(12)10-21-7-5-18-6-8-21/h3-4,14,18H,1-2,5-10H2,(H,20,23,24). The van der Waals surface area contributed by atoms with Crippen LogP contribution in [-0.4, -0.2) is 64.7 Å². The molecular formula is C17H21N5O3. The summed E-state index contributed by atoms with van der Waals surface area (Å²) in [6.07, 6.45) is 2.32. The molecule has 3 aliphatic rings. The van der Waals surface area contributed by atoms with Crippen LogP contribution in [0.15, 0.2) is 12.3 Å². The highest BCUT2D eigenvalue weighted by atomic mass is 16.2. The first-order chi connectivity index (χ1) is 12.1. The number of hydrogen-bond acceptors (Lipinski definition) is 6.